The number of imidazole rings is 1. The van der Waals surface area contributed by atoms with Crippen molar-refractivity contribution >= 4 is 11.8 Å². The fourth-order valence-electron chi connectivity index (χ4n) is 1.31. The molecule has 0 spiro atoms. The molecule has 4 N–H and O–H groups in total. The Morgan fingerprint density at radius 1 is 1.47 bits per heavy atom. The van der Waals surface area contributed by atoms with Gasteiger partial charge in [-0.15, -0.1) is 0 Å². The molecule has 0 aliphatic heterocycles. The molecular formula is C10H17N5O2. The molecule has 7 heteroatoms. The van der Waals surface area contributed by atoms with E-state index in [-0.39, 0.29) is 6.04 Å². The fraction of sp³-hybridized carbons (Fsp3) is 0.500. The largest absolute Gasteiger partial charge is 0.347 e. The van der Waals surface area contributed by atoms with Crippen molar-refractivity contribution in [2.75, 3.05) is 13.1 Å². The summed E-state index contributed by atoms with van der Waals surface area (Å²) in [4.78, 5) is 26.5. The first kappa shape index (κ1) is 13.2. The van der Waals surface area contributed by atoms with E-state index in [1.165, 1.54) is 0 Å². The lowest BCUT2D eigenvalue weighted by Gasteiger charge is -2.13. The van der Waals surface area contributed by atoms with Gasteiger partial charge in [0.1, 0.15) is 0 Å². The monoisotopic (exact) mass is 239 g/mol. The molecule has 7 nitrogen and oxygen atoms in total. The Bertz CT molecular complexity index is 363. The lowest BCUT2D eigenvalue weighted by Crippen LogP contribution is -2.45. The Kier molecular flexibility index (Phi) is 5.15. The SMILES string of the molecule is CC(Cn1ccnc1)NC(=O)C(=O)NCCN. The van der Waals surface area contributed by atoms with Gasteiger partial charge in [0, 0.05) is 38.1 Å². The summed E-state index contributed by atoms with van der Waals surface area (Å²) >= 11 is 0. The van der Waals surface area contributed by atoms with Crippen molar-refractivity contribution in [3.8, 4) is 0 Å². The van der Waals surface area contributed by atoms with Crippen LogP contribution in [0.15, 0.2) is 18.7 Å². The molecule has 1 heterocycles. The average molecular weight is 239 g/mol. The van der Waals surface area contributed by atoms with Crippen LogP contribution in [0, 0.1) is 0 Å². The van der Waals surface area contributed by atoms with E-state index in [1.807, 2.05) is 11.5 Å². The normalized spacial score (nSPS) is 11.9. The lowest BCUT2D eigenvalue weighted by atomic mass is 10.3. The second kappa shape index (κ2) is 6.64. The van der Waals surface area contributed by atoms with E-state index < -0.39 is 11.8 Å². The van der Waals surface area contributed by atoms with Gasteiger partial charge in [-0.1, -0.05) is 0 Å². The molecule has 1 aromatic rings. The molecule has 0 radical (unpaired) electrons. The Hall–Kier alpha value is -1.89. The Balaban J connectivity index is 2.32. The standard InChI is InChI=1S/C10H17N5O2/c1-8(6-15-5-4-12-7-15)14-10(17)9(16)13-3-2-11/h4-5,7-8H,2-3,6,11H2,1H3,(H,13,16)(H,14,17). The van der Waals surface area contributed by atoms with Gasteiger partial charge >= 0.3 is 11.8 Å². The third-order valence-corrected chi connectivity index (χ3v) is 2.06. The van der Waals surface area contributed by atoms with Gasteiger partial charge in [0.05, 0.1) is 6.33 Å². The van der Waals surface area contributed by atoms with Crippen LogP contribution in [0.5, 0.6) is 0 Å². The second-order valence-electron chi connectivity index (χ2n) is 3.68. The van der Waals surface area contributed by atoms with Crippen LogP contribution in [0.25, 0.3) is 0 Å². The van der Waals surface area contributed by atoms with Gasteiger partial charge in [-0.05, 0) is 6.92 Å². The first-order valence-electron chi connectivity index (χ1n) is 5.38. The molecule has 0 saturated carbocycles. The number of hydrogen-bond donors (Lipinski definition) is 3. The van der Waals surface area contributed by atoms with Crippen LogP contribution in [-0.2, 0) is 16.1 Å². The van der Waals surface area contributed by atoms with Crippen LogP contribution in [0.3, 0.4) is 0 Å². The predicted molar refractivity (Wildman–Crippen MR) is 61.9 cm³/mol. The highest BCUT2D eigenvalue weighted by Gasteiger charge is 2.15. The number of aromatic nitrogens is 2. The summed E-state index contributed by atoms with van der Waals surface area (Å²) in [6.07, 6.45) is 5.09. The number of rotatable bonds is 5. The number of carbonyl (C=O) groups excluding carboxylic acids is 2. The smallest absolute Gasteiger partial charge is 0.309 e. The molecule has 94 valence electrons. The molecule has 1 unspecified atom stereocenters. The quantitative estimate of drug-likeness (QED) is 0.542. The van der Waals surface area contributed by atoms with E-state index in [2.05, 4.69) is 15.6 Å². The summed E-state index contributed by atoms with van der Waals surface area (Å²) in [5.41, 5.74) is 5.21. The zero-order valence-corrected chi connectivity index (χ0v) is 9.72. The topological polar surface area (TPSA) is 102 Å². The van der Waals surface area contributed by atoms with E-state index in [0.717, 1.165) is 0 Å². The molecule has 1 aromatic heterocycles. The van der Waals surface area contributed by atoms with Gasteiger partial charge in [-0.2, -0.15) is 0 Å². The maximum atomic E-state index is 11.4. The third-order valence-electron chi connectivity index (χ3n) is 2.06. The summed E-state index contributed by atoms with van der Waals surface area (Å²) in [6.45, 7) is 2.98. The highest BCUT2D eigenvalue weighted by atomic mass is 16.2. The highest BCUT2D eigenvalue weighted by Crippen LogP contribution is 1.91. The number of hydrogen-bond acceptors (Lipinski definition) is 4. The Morgan fingerprint density at radius 2 is 2.24 bits per heavy atom. The molecule has 0 saturated heterocycles. The number of nitrogens with zero attached hydrogens (tertiary/aromatic N) is 2. The molecule has 1 rings (SSSR count). The minimum absolute atomic E-state index is 0.152. The molecular weight excluding hydrogens is 222 g/mol. The summed E-state index contributed by atoms with van der Waals surface area (Å²) in [5.74, 6) is -1.31. The molecule has 0 fully saturated rings. The van der Waals surface area contributed by atoms with E-state index in [1.54, 1.807) is 18.7 Å². The molecule has 17 heavy (non-hydrogen) atoms. The van der Waals surface area contributed by atoms with Crippen LogP contribution in [0.4, 0.5) is 0 Å². The first-order chi connectivity index (χ1) is 8.13. The maximum absolute atomic E-state index is 11.4. The van der Waals surface area contributed by atoms with Crippen LogP contribution in [-0.4, -0.2) is 40.5 Å². The van der Waals surface area contributed by atoms with E-state index in [0.29, 0.717) is 19.6 Å². The van der Waals surface area contributed by atoms with Gasteiger partial charge in [-0.3, -0.25) is 9.59 Å². The second-order valence-corrected chi connectivity index (χ2v) is 3.68. The number of carbonyl (C=O) groups is 2. The van der Waals surface area contributed by atoms with Crippen LogP contribution in [0.1, 0.15) is 6.92 Å². The summed E-state index contributed by atoms with van der Waals surface area (Å²) in [6, 6.07) is -0.152. The van der Waals surface area contributed by atoms with Crippen molar-refractivity contribution in [2.45, 2.75) is 19.5 Å². The summed E-state index contributed by atoms with van der Waals surface area (Å²) in [7, 11) is 0. The van der Waals surface area contributed by atoms with Gasteiger partial charge in [-0.25, -0.2) is 4.98 Å². The molecule has 0 bridgehead atoms. The van der Waals surface area contributed by atoms with Crippen molar-refractivity contribution in [3.05, 3.63) is 18.7 Å². The van der Waals surface area contributed by atoms with Crippen molar-refractivity contribution in [2.24, 2.45) is 5.73 Å². The van der Waals surface area contributed by atoms with E-state index in [9.17, 15) is 9.59 Å². The maximum Gasteiger partial charge on any atom is 0.309 e. The summed E-state index contributed by atoms with van der Waals surface area (Å²) in [5, 5.41) is 4.99. The zero-order chi connectivity index (χ0) is 12.7. The van der Waals surface area contributed by atoms with Crippen LogP contribution < -0.4 is 16.4 Å². The first-order valence-corrected chi connectivity index (χ1v) is 5.38. The number of nitrogens with one attached hydrogen (secondary N) is 2. The lowest BCUT2D eigenvalue weighted by molar-refractivity contribution is -0.139. The zero-order valence-electron chi connectivity index (χ0n) is 9.72. The molecule has 0 aromatic carbocycles. The van der Waals surface area contributed by atoms with Gasteiger partial charge in [0.2, 0.25) is 0 Å². The van der Waals surface area contributed by atoms with Crippen LogP contribution >= 0.6 is 0 Å². The third kappa shape index (κ3) is 4.64. The molecule has 1 atom stereocenters. The fourth-order valence-corrected chi connectivity index (χ4v) is 1.31. The molecule has 2 amide bonds. The van der Waals surface area contributed by atoms with Crippen molar-refractivity contribution in [3.63, 3.8) is 0 Å². The Morgan fingerprint density at radius 3 is 2.82 bits per heavy atom. The number of nitrogens with two attached hydrogens (primary N) is 1. The van der Waals surface area contributed by atoms with Gasteiger partial charge < -0.3 is 20.9 Å². The van der Waals surface area contributed by atoms with E-state index in [4.69, 9.17) is 5.73 Å². The highest BCUT2D eigenvalue weighted by molar-refractivity contribution is 6.35. The van der Waals surface area contributed by atoms with Crippen molar-refractivity contribution in [1.82, 2.24) is 20.2 Å². The number of amides is 2. The minimum Gasteiger partial charge on any atom is -0.347 e. The predicted octanol–water partition coefficient (Wildman–Crippen LogP) is -1.54. The minimum atomic E-state index is -0.659. The molecule has 0 aliphatic rings. The van der Waals surface area contributed by atoms with Crippen molar-refractivity contribution < 1.29 is 9.59 Å². The van der Waals surface area contributed by atoms with Crippen LogP contribution in [0.2, 0.25) is 0 Å². The van der Waals surface area contributed by atoms with Gasteiger partial charge in [0.15, 0.2) is 0 Å². The van der Waals surface area contributed by atoms with E-state index >= 15 is 0 Å². The van der Waals surface area contributed by atoms with Gasteiger partial charge in [0.25, 0.3) is 0 Å². The molecule has 0 aliphatic carbocycles. The van der Waals surface area contributed by atoms with Crippen molar-refractivity contribution in [1.29, 1.82) is 0 Å². The summed E-state index contributed by atoms with van der Waals surface area (Å²) < 4.78 is 1.82. The Labute approximate surface area is 99.4 Å². The average Bonchev–Trinajstić information content (AvgIpc) is 2.78.